The Morgan fingerprint density at radius 2 is 2.00 bits per heavy atom. The smallest absolute Gasteiger partial charge is 0.269 e. The first-order valence-corrected chi connectivity index (χ1v) is 8.41. The van der Waals surface area contributed by atoms with Gasteiger partial charge in [-0.15, -0.1) is 0 Å². The largest absolute Gasteiger partial charge is 0.295 e. The molecule has 0 spiro atoms. The molecule has 2 rings (SSSR count). The number of non-ortho nitro benzene ring substituents is 1. The maximum Gasteiger partial charge on any atom is 0.269 e. The molecule has 1 atom stereocenters. The van der Waals surface area contributed by atoms with Crippen LogP contribution in [0.4, 0.5) is 5.69 Å². The molecule has 110 valence electrons. The van der Waals surface area contributed by atoms with Crippen molar-refractivity contribution < 1.29 is 13.3 Å². The topological polar surface area (TPSA) is 80.5 Å². The summed E-state index contributed by atoms with van der Waals surface area (Å²) in [5.74, 6) is 0.474. The molecule has 0 amide bonds. The van der Waals surface area contributed by atoms with E-state index in [0.717, 1.165) is 12.1 Å². The first kappa shape index (κ1) is 14.9. The van der Waals surface area contributed by atoms with Gasteiger partial charge in [0.2, 0.25) is 0 Å². The lowest BCUT2D eigenvalue weighted by Crippen LogP contribution is -2.35. The van der Waals surface area contributed by atoms with Gasteiger partial charge >= 0.3 is 0 Å². The molecule has 7 heteroatoms. The fourth-order valence-corrected chi connectivity index (χ4v) is 4.28. The summed E-state index contributed by atoms with van der Waals surface area (Å²) in [7, 11) is -2.89. The van der Waals surface area contributed by atoms with Crippen LogP contribution in [-0.4, -0.2) is 42.3 Å². The summed E-state index contributed by atoms with van der Waals surface area (Å²) < 4.78 is 23.1. The van der Waals surface area contributed by atoms with Gasteiger partial charge in [-0.05, 0) is 18.5 Å². The number of benzene rings is 1. The van der Waals surface area contributed by atoms with Crippen molar-refractivity contribution in [1.29, 1.82) is 0 Å². The third kappa shape index (κ3) is 3.55. The van der Waals surface area contributed by atoms with Crippen LogP contribution in [-0.2, 0) is 16.4 Å². The van der Waals surface area contributed by atoms with E-state index in [1.165, 1.54) is 12.1 Å². The van der Waals surface area contributed by atoms with Gasteiger partial charge in [-0.3, -0.25) is 15.0 Å². The molecule has 1 aliphatic heterocycles. The minimum atomic E-state index is -2.89. The highest BCUT2D eigenvalue weighted by molar-refractivity contribution is 7.91. The summed E-state index contributed by atoms with van der Waals surface area (Å²) in [6.07, 6.45) is 0.670. The number of nitro benzene ring substituents is 1. The van der Waals surface area contributed by atoms with Crippen LogP contribution in [0.25, 0.3) is 0 Å². The molecule has 0 radical (unpaired) electrons. The molecule has 0 bridgehead atoms. The van der Waals surface area contributed by atoms with E-state index in [-0.39, 0.29) is 23.2 Å². The van der Waals surface area contributed by atoms with Gasteiger partial charge in [0.05, 0.1) is 16.4 Å². The third-order valence-corrected chi connectivity index (χ3v) is 5.41. The quantitative estimate of drug-likeness (QED) is 0.609. The second kappa shape index (κ2) is 5.88. The summed E-state index contributed by atoms with van der Waals surface area (Å²) in [5, 5.41) is 10.6. The van der Waals surface area contributed by atoms with E-state index < -0.39 is 14.8 Å². The van der Waals surface area contributed by atoms with Gasteiger partial charge in [0, 0.05) is 24.7 Å². The van der Waals surface area contributed by atoms with Crippen molar-refractivity contribution in [3.05, 3.63) is 39.9 Å². The fourth-order valence-electron chi connectivity index (χ4n) is 2.52. The maximum absolute atomic E-state index is 11.5. The molecule has 1 fully saturated rings. The Hall–Kier alpha value is -1.47. The molecule has 1 aromatic carbocycles. The molecule has 1 saturated heterocycles. The monoisotopic (exact) mass is 298 g/mol. The highest BCUT2D eigenvalue weighted by Gasteiger charge is 2.31. The lowest BCUT2D eigenvalue weighted by molar-refractivity contribution is -0.384. The fraction of sp³-hybridized carbons (Fsp3) is 0.538. The zero-order valence-electron chi connectivity index (χ0n) is 11.4. The van der Waals surface area contributed by atoms with Gasteiger partial charge in [-0.25, -0.2) is 8.42 Å². The number of nitrogens with zero attached hydrogens (tertiary/aromatic N) is 2. The van der Waals surface area contributed by atoms with Crippen molar-refractivity contribution in [2.24, 2.45) is 0 Å². The number of sulfone groups is 1. The standard InChI is InChI=1S/C13H18N2O4S/c1-2-14(13-7-8-20(18,19)10-13)9-11-3-5-12(6-4-11)15(16)17/h3-6,13H,2,7-10H2,1H3/t13-/m0/s1. The highest BCUT2D eigenvalue weighted by Crippen LogP contribution is 2.20. The summed E-state index contributed by atoms with van der Waals surface area (Å²) in [4.78, 5) is 12.3. The van der Waals surface area contributed by atoms with Crippen LogP contribution in [0.1, 0.15) is 18.9 Å². The summed E-state index contributed by atoms with van der Waals surface area (Å²) in [5.41, 5.74) is 1.03. The predicted octanol–water partition coefficient (Wildman–Crippen LogP) is 1.60. The molecular weight excluding hydrogens is 280 g/mol. The van der Waals surface area contributed by atoms with E-state index >= 15 is 0 Å². The molecule has 0 aliphatic carbocycles. The van der Waals surface area contributed by atoms with Crippen molar-refractivity contribution in [2.45, 2.75) is 25.9 Å². The normalized spacial score (nSPS) is 21.2. The number of hydrogen-bond acceptors (Lipinski definition) is 5. The Labute approximate surface area is 118 Å². The maximum atomic E-state index is 11.5. The van der Waals surface area contributed by atoms with E-state index in [4.69, 9.17) is 0 Å². The first-order chi connectivity index (χ1) is 9.41. The van der Waals surface area contributed by atoms with E-state index in [1.807, 2.05) is 6.92 Å². The zero-order chi connectivity index (χ0) is 14.8. The molecule has 0 aromatic heterocycles. The number of hydrogen-bond donors (Lipinski definition) is 0. The third-order valence-electron chi connectivity index (χ3n) is 3.66. The predicted molar refractivity (Wildman–Crippen MR) is 76.2 cm³/mol. The second-order valence-corrected chi connectivity index (χ2v) is 7.27. The molecule has 0 N–H and O–H groups in total. The van der Waals surface area contributed by atoms with E-state index in [1.54, 1.807) is 12.1 Å². The van der Waals surface area contributed by atoms with Crippen molar-refractivity contribution in [3.8, 4) is 0 Å². The van der Waals surface area contributed by atoms with Crippen LogP contribution in [0, 0.1) is 10.1 Å². The Morgan fingerprint density at radius 3 is 2.45 bits per heavy atom. The Bertz CT molecular complexity index is 583. The molecule has 1 aliphatic rings. The van der Waals surface area contributed by atoms with E-state index in [2.05, 4.69) is 4.90 Å². The van der Waals surface area contributed by atoms with Crippen LogP contribution < -0.4 is 0 Å². The van der Waals surface area contributed by atoms with Gasteiger partial charge in [0.25, 0.3) is 5.69 Å². The Kier molecular flexibility index (Phi) is 4.39. The summed E-state index contributed by atoms with van der Waals surface area (Å²) >= 11 is 0. The van der Waals surface area contributed by atoms with Crippen LogP contribution in [0.5, 0.6) is 0 Å². The number of nitro groups is 1. The zero-order valence-corrected chi connectivity index (χ0v) is 12.2. The molecule has 0 saturated carbocycles. The molecule has 1 heterocycles. The molecule has 0 unspecified atom stereocenters. The van der Waals surface area contributed by atoms with Crippen LogP contribution in [0.2, 0.25) is 0 Å². The van der Waals surface area contributed by atoms with Crippen molar-refractivity contribution in [3.63, 3.8) is 0 Å². The van der Waals surface area contributed by atoms with Crippen LogP contribution >= 0.6 is 0 Å². The first-order valence-electron chi connectivity index (χ1n) is 6.59. The minimum Gasteiger partial charge on any atom is -0.295 e. The van der Waals surface area contributed by atoms with Gasteiger partial charge in [0.1, 0.15) is 0 Å². The van der Waals surface area contributed by atoms with Crippen molar-refractivity contribution in [2.75, 3.05) is 18.1 Å². The second-order valence-electron chi connectivity index (χ2n) is 5.04. The molecular formula is C13H18N2O4S. The molecule has 20 heavy (non-hydrogen) atoms. The Morgan fingerprint density at radius 1 is 1.35 bits per heavy atom. The van der Waals surface area contributed by atoms with E-state index in [9.17, 15) is 18.5 Å². The average molecular weight is 298 g/mol. The van der Waals surface area contributed by atoms with Gasteiger partial charge < -0.3 is 0 Å². The van der Waals surface area contributed by atoms with Gasteiger partial charge in [-0.1, -0.05) is 19.1 Å². The average Bonchev–Trinajstić information content (AvgIpc) is 2.76. The Balaban J connectivity index is 2.05. The molecule has 6 nitrogen and oxygen atoms in total. The highest BCUT2D eigenvalue weighted by atomic mass is 32.2. The van der Waals surface area contributed by atoms with E-state index in [0.29, 0.717) is 13.0 Å². The van der Waals surface area contributed by atoms with Crippen molar-refractivity contribution in [1.82, 2.24) is 4.90 Å². The lowest BCUT2D eigenvalue weighted by atomic mass is 10.1. The summed E-state index contributed by atoms with van der Waals surface area (Å²) in [6.45, 7) is 3.38. The van der Waals surface area contributed by atoms with Crippen LogP contribution in [0.15, 0.2) is 24.3 Å². The lowest BCUT2D eigenvalue weighted by Gasteiger charge is -2.26. The summed E-state index contributed by atoms with van der Waals surface area (Å²) in [6, 6.07) is 6.47. The van der Waals surface area contributed by atoms with Crippen LogP contribution in [0.3, 0.4) is 0 Å². The van der Waals surface area contributed by atoms with Gasteiger partial charge in [0.15, 0.2) is 9.84 Å². The number of rotatable bonds is 5. The SMILES string of the molecule is CCN(Cc1ccc([N+](=O)[O-])cc1)[C@H]1CCS(=O)(=O)C1. The minimum absolute atomic E-state index is 0.0557. The molecule has 1 aromatic rings. The van der Waals surface area contributed by atoms with Gasteiger partial charge in [-0.2, -0.15) is 0 Å². The van der Waals surface area contributed by atoms with Crippen molar-refractivity contribution >= 4 is 15.5 Å².